The SMILES string of the molecule is C[C@H]1OC(c2ccc(OCCCO)cc2)=N[C@@]1(Cc1ccccc1N=[N+]=[N-])C(=O)NCc1ccccc1Sc1ccccc1. The van der Waals surface area contributed by atoms with E-state index >= 15 is 0 Å². The second kappa shape index (κ2) is 14.6. The highest BCUT2D eigenvalue weighted by atomic mass is 32.2. The second-order valence-corrected chi connectivity index (χ2v) is 11.4. The normalized spacial score (nSPS) is 17.2. The molecule has 10 heteroatoms. The number of hydrogen-bond donors (Lipinski definition) is 2. The summed E-state index contributed by atoms with van der Waals surface area (Å²) in [6, 6.07) is 32.5. The highest BCUT2D eigenvalue weighted by molar-refractivity contribution is 7.99. The van der Waals surface area contributed by atoms with Crippen molar-refractivity contribution in [3.8, 4) is 5.75 Å². The predicted octanol–water partition coefficient (Wildman–Crippen LogP) is 7.00. The van der Waals surface area contributed by atoms with Crippen molar-refractivity contribution < 1.29 is 19.4 Å². The molecule has 1 heterocycles. The van der Waals surface area contributed by atoms with E-state index in [0.717, 1.165) is 15.4 Å². The molecule has 0 unspecified atom stereocenters. The fourth-order valence-corrected chi connectivity index (χ4v) is 5.90. The molecule has 1 aliphatic rings. The predicted molar refractivity (Wildman–Crippen MR) is 171 cm³/mol. The molecule has 4 aromatic carbocycles. The lowest BCUT2D eigenvalue weighted by Gasteiger charge is -2.29. The molecule has 0 spiro atoms. The smallest absolute Gasteiger partial charge is 0.252 e. The number of nitrogens with zero attached hydrogens (tertiary/aromatic N) is 4. The minimum absolute atomic E-state index is 0.0605. The van der Waals surface area contributed by atoms with E-state index in [1.54, 1.807) is 23.9 Å². The summed E-state index contributed by atoms with van der Waals surface area (Å²) in [4.78, 5) is 24.3. The fraction of sp³-hybridized carbons (Fsp3) is 0.235. The molecular formula is C34H33N5O4S. The lowest BCUT2D eigenvalue weighted by molar-refractivity contribution is -0.128. The van der Waals surface area contributed by atoms with E-state index in [1.807, 2.05) is 85.8 Å². The number of amides is 1. The summed E-state index contributed by atoms with van der Waals surface area (Å²) in [6.45, 7) is 2.60. The van der Waals surface area contributed by atoms with Gasteiger partial charge in [0, 0.05) is 51.9 Å². The maximum absolute atomic E-state index is 14.2. The van der Waals surface area contributed by atoms with Gasteiger partial charge in [-0.15, -0.1) is 0 Å². The number of nitrogens with one attached hydrogen (secondary N) is 1. The van der Waals surface area contributed by atoms with Crippen LogP contribution in [0.15, 0.2) is 123 Å². The van der Waals surface area contributed by atoms with Gasteiger partial charge in [-0.25, -0.2) is 4.99 Å². The van der Waals surface area contributed by atoms with Crippen LogP contribution >= 0.6 is 11.8 Å². The molecule has 0 aromatic heterocycles. The molecule has 1 aliphatic heterocycles. The zero-order valence-corrected chi connectivity index (χ0v) is 25.1. The van der Waals surface area contributed by atoms with Crippen molar-refractivity contribution in [3.05, 3.63) is 130 Å². The third kappa shape index (κ3) is 7.23. The van der Waals surface area contributed by atoms with Crippen LogP contribution in [0.4, 0.5) is 5.69 Å². The first-order valence-electron chi connectivity index (χ1n) is 14.3. The average Bonchev–Trinajstić information content (AvgIpc) is 3.39. The average molecular weight is 608 g/mol. The van der Waals surface area contributed by atoms with Gasteiger partial charge in [0.05, 0.1) is 6.61 Å². The Bertz CT molecular complexity index is 1660. The van der Waals surface area contributed by atoms with Crippen LogP contribution in [0.1, 0.15) is 30.0 Å². The van der Waals surface area contributed by atoms with Crippen molar-refractivity contribution in [3.63, 3.8) is 0 Å². The zero-order chi connectivity index (χ0) is 30.8. The van der Waals surface area contributed by atoms with E-state index in [2.05, 4.69) is 27.5 Å². The lowest BCUT2D eigenvalue weighted by Crippen LogP contribution is -2.52. The topological polar surface area (TPSA) is 129 Å². The molecule has 0 saturated carbocycles. The van der Waals surface area contributed by atoms with Crippen LogP contribution in [0, 0.1) is 0 Å². The van der Waals surface area contributed by atoms with Crippen LogP contribution in [-0.4, -0.2) is 41.8 Å². The summed E-state index contributed by atoms with van der Waals surface area (Å²) in [6.07, 6.45) is 0.0898. The molecule has 1 amide bonds. The van der Waals surface area contributed by atoms with E-state index in [1.165, 1.54) is 0 Å². The van der Waals surface area contributed by atoms with E-state index in [-0.39, 0.29) is 18.9 Å². The summed E-state index contributed by atoms with van der Waals surface area (Å²) in [5.74, 6) is 0.711. The van der Waals surface area contributed by atoms with Gasteiger partial charge in [-0.1, -0.05) is 77.5 Å². The Morgan fingerprint density at radius 1 is 1.02 bits per heavy atom. The molecule has 2 N–H and O–H groups in total. The van der Waals surface area contributed by atoms with Crippen LogP contribution in [0.2, 0.25) is 0 Å². The third-order valence-electron chi connectivity index (χ3n) is 7.31. The molecule has 224 valence electrons. The fourth-order valence-electron chi connectivity index (χ4n) is 4.93. The van der Waals surface area contributed by atoms with Gasteiger partial charge >= 0.3 is 0 Å². The number of aliphatic imine (C=N–C) groups is 1. The highest BCUT2D eigenvalue weighted by Crippen LogP contribution is 2.36. The van der Waals surface area contributed by atoms with E-state index in [9.17, 15) is 4.79 Å². The molecular weight excluding hydrogens is 574 g/mol. The first-order chi connectivity index (χ1) is 21.5. The Morgan fingerprint density at radius 3 is 2.48 bits per heavy atom. The molecule has 0 saturated heterocycles. The number of carbonyl (C=O) groups excluding carboxylic acids is 1. The van der Waals surface area contributed by atoms with Crippen LogP contribution in [0.3, 0.4) is 0 Å². The number of carbonyl (C=O) groups is 1. The van der Waals surface area contributed by atoms with Crippen molar-refractivity contribution >= 4 is 29.3 Å². The van der Waals surface area contributed by atoms with Crippen molar-refractivity contribution in [1.82, 2.24) is 5.32 Å². The van der Waals surface area contributed by atoms with Crippen LogP contribution in [-0.2, 0) is 22.5 Å². The molecule has 44 heavy (non-hydrogen) atoms. The van der Waals surface area contributed by atoms with Gasteiger partial charge in [-0.05, 0) is 66.0 Å². The Morgan fingerprint density at radius 2 is 1.73 bits per heavy atom. The maximum Gasteiger partial charge on any atom is 0.252 e. The van der Waals surface area contributed by atoms with Gasteiger partial charge in [0.1, 0.15) is 11.9 Å². The molecule has 2 atom stereocenters. The number of azide groups is 1. The first kappa shape index (κ1) is 30.7. The zero-order valence-electron chi connectivity index (χ0n) is 24.3. The Hall–Kier alpha value is -4.76. The quantitative estimate of drug-likeness (QED) is 0.0732. The molecule has 0 fully saturated rings. The molecule has 4 aromatic rings. The molecule has 0 radical (unpaired) electrons. The number of hydrogen-bond acceptors (Lipinski definition) is 7. The maximum atomic E-state index is 14.2. The van der Waals surface area contributed by atoms with E-state index in [4.69, 9.17) is 25.1 Å². The number of ether oxygens (including phenoxy) is 2. The monoisotopic (exact) mass is 607 g/mol. The van der Waals surface area contributed by atoms with Crippen LogP contribution < -0.4 is 10.1 Å². The number of aliphatic hydroxyl groups is 1. The van der Waals surface area contributed by atoms with Gasteiger partial charge in [-0.3, -0.25) is 4.79 Å². The Balaban J connectivity index is 1.44. The Kier molecular flexibility index (Phi) is 10.2. The van der Waals surface area contributed by atoms with Crippen molar-refractivity contribution in [2.24, 2.45) is 10.1 Å². The third-order valence-corrected chi connectivity index (χ3v) is 8.44. The molecule has 9 nitrogen and oxygen atoms in total. The van der Waals surface area contributed by atoms with Crippen molar-refractivity contribution in [2.75, 3.05) is 13.2 Å². The van der Waals surface area contributed by atoms with E-state index in [0.29, 0.717) is 48.0 Å². The highest BCUT2D eigenvalue weighted by Gasteiger charge is 2.50. The molecule has 0 bridgehead atoms. The van der Waals surface area contributed by atoms with Crippen LogP contribution in [0.25, 0.3) is 10.4 Å². The summed E-state index contributed by atoms with van der Waals surface area (Å²) in [5, 5.41) is 16.0. The number of aliphatic hydroxyl groups excluding tert-OH is 1. The van der Waals surface area contributed by atoms with E-state index < -0.39 is 11.6 Å². The van der Waals surface area contributed by atoms with Gasteiger partial charge in [0.15, 0.2) is 5.54 Å². The number of benzene rings is 4. The number of rotatable bonds is 13. The van der Waals surface area contributed by atoms with Crippen LogP contribution in [0.5, 0.6) is 5.75 Å². The summed E-state index contributed by atoms with van der Waals surface area (Å²) in [5.41, 5.74) is 10.6. The second-order valence-electron chi connectivity index (χ2n) is 10.3. The minimum Gasteiger partial charge on any atom is -0.494 e. The summed E-state index contributed by atoms with van der Waals surface area (Å²) < 4.78 is 11.9. The minimum atomic E-state index is -1.33. The van der Waals surface area contributed by atoms with Gasteiger partial charge in [0.2, 0.25) is 5.90 Å². The largest absolute Gasteiger partial charge is 0.494 e. The van der Waals surface area contributed by atoms with Crippen molar-refractivity contribution in [1.29, 1.82) is 0 Å². The van der Waals surface area contributed by atoms with Crippen molar-refractivity contribution in [2.45, 2.75) is 47.7 Å². The van der Waals surface area contributed by atoms with Gasteiger partial charge in [-0.2, -0.15) is 0 Å². The first-order valence-corrected chi connectivity index (χ1v) is 15.2. The molecule has 0 aliphatic carbocycles. The summed E-state index contributed by atoms with van der Waals surface area (Å²) in [7, 11) is 0. The standard InChI is InChI=1S/C34H33N5O4S/c1-24-34(22-26-10-5-7-14-30(26)38-39-35,37-32(43-24)25-16-18-28(19-17-25)42-21-9-20-40)33(41)36-23-27-11-6-8-15-31(27)44-29-12-3-2-4-13-29/h2-8,10-19,24,40H,9,20-23H2,1H3,(H,36,41)/t24-,34-/m1/s1. The summed E-state index contributed by atoms with van der Waals surface area (Å²) >= 11 is 1.64. The lowest BCUT2D eigenvalue weighted by atomic mass is 9.85. The van der Waals surface area contributed by atoms with Gasteiger partial charge in [0.25, 0.3) is 5.91 Å². The Labute approximate surface area is 260 Å². The van der Waals surface area contributed by atoms with Gasteiger partial charge < -0.3 is 19.9 Å². The molecule has 5 rings (SSSR count).